The number of nitrogens with one attached hydrogen (secondary N) is 2. The zero-order chi connectivity index (χ0) is 19.9. The van der Waals surface area contributed by atoms with Crippen molar-refractivity contribution in [3.05, 3.63) is 58.8 Å². The Balaban J connectivity index is 1.46. The molecule has 2 amide bonds. The van der Waals surface area contributed by atoms with E-state index < -0.39 is 5.91 Å². The quantitative estimate of drug-likeness (QED) is 0.575. The average Bonchev–Trinajstić information content (AvgIpc) is 3.22. The van der Waals surface area contributed by atoms with E-state index in [0.29, 0.717) is 17.1 Å². The first kappa shape index (κ1) is 19.5. The molecular formula is C18H17BrN6O3. The summed E-state index contributed by atoms with van der Waals surface area (Å²) in [6.07, 6.45) is 1.46. The normalized spacial score (nSPS) is 10.4. The molecule has 2 N–H and O–H groups in total. The predicted molar refractivity (Wildman–Crippen MR) is 105 cm³/mol. The number of nitrogens with zero attached hydrogens (tertiary/aromatic N) is 4. The molecule has 0 fully saturated rings. The van der Waals surface area contributed by atoms with E-state index >= 15 is 0 Å². The molecule has 2 aromatic carbocycles. The van der Waals surface area contributed by atoms with Crippen LogP contribution in [-0.2, 0) is 9.59 Å². The highest BCUT2D eigenvalue weighted by Gasteiger charge is 2.09. The second kappa shape index (κ2) is 9.09. The number of benzene rings is 2. The van der Waals surface area contributed by atoms with Gasteiger partial charge in [0.1, 0.15) is 12.1 Å². The maximum atomic E-state index is 12.0. The fourth-order valence-corrected chi connectivity index (χ4v) is 2.81. The Morgan fingerprint density at radius 2 is 2.04 bits per heavy atom. The Bertz CT molecular complexity index is 977. The van der Waals surface area contributed by atoms with Gasteiger partial charge >= 0.3 is 0 Å². The number of rotatable bonds is 7. The number of aryl methyl sites for hydroxylation is 1. The summed E-state index contributed by atoms with van der Waals surface area (Å²) in [5.41, 5.74) is 2.31. The van der Waals surface area contributed by atoms with Crippen molar-refractivity contribution in [2.75, 3.05) is 18.5 Å². The highest BCUT2D eigenvalue weighted by Crippen LogP contribution is 2.19. The van der Waals surface area contributed by atoms with E-state index in [-0.39, 0.29) is 19.1 Å². The third kappa shape index (κ3) is 5.36. The molecule has 0 aliphatic heterocycles. The number of aromatic nitrogens is 4. The maximum Gasteiger partial charge on any atom is 0.258 e. The summed E-state index contributed by atoms with van der Waals surface area (Å²) in [6.45, 7) is 1.52. The SMILES string of the molecule is Cc1cc(Br)ccc1NC(=O)CNC(=O)COc1cccc(-n2cnnn2)c1. The van der Waals surface area contributed by atoms with Crippen LogP contribution >= 0.6 is 15.9 Å². The first-order valence-electron chi connectivity index (χ1n) is 8.30. The fourth-order valence-electron chi connectivity index (χ4n) is 2.34. The Hall–Kier alpha value is -3.27. The number of anilines is 1. The van der Waals surface area contributed by atoms with Crippen LogP contribution in [0.3, 0.4) is 0 Å². The van der Waals surface area contributed by atoms with Gasteiger partial charge in [-0.25, -0.2) is 4.68 Å². The summed E-state index contributed by atoms with van der Waals surface area (Å²) < 4.78 is 7.86. The van der Waals surface area contributed by atoms with Gasteiger partial charge in [-0.2, -0.15) is 0 Å². The molecule has 1 heterocycles. The summed E-state index contributed by atoms with van der Waals surface area (Å²) in [4.78, 5) is 23.9. The van der Waals surface area contributed by atoms with Crippen molar-refractivity contribution in [3.8, 4) is 11.4 Å². The number of carbonyl (C=O) groups excluding carboxylic acids is 2. The van der Waals surface area contributed by atoms with Gasteiger partial charge in [0.2, 0.25) is 5.91 Å². The first-order chi connectivity index (χ1) is 13.5. The van der Waals surface area contributed by atoms with Crippen LogP contribution in [0.2, 0.25) is 0 Å². The molecule has 0 atom stereocenters. The molecule has 9 nitrogen and oxygen atoms in total. The molecular weight excluding hydrogens is 428 g/mol. The van der Waals surface area contributed by atoms with Crippen LogP contribution in [0.25, 0.3) is 5.69 Å². The molecule has 0 unspecified atom stereocenters. The van der Waals surface area contributed by atoms with E-state index in [9.17, 15) is 9.59 Å². The number of amides is 2. The van der Waals surface area contributed by atoms with Crippen molar-refractivity contribution < 1.29 is 14.3 Å². The van der Waals surface area contributed by atoms with Crippen LogP contribution in [0.1, 0.15) is 5.56 Å². The van der Waals surface area contributed by atoms with E-state index in [1.165, 1.54) is 11.0 Å². The average molecular weight is 445 g/mol. The minimum absolute atomic E-state index is 0.150. The van der Waals surface area contributed by atoms with Crippen LogP contribution in [0, 0.1) is 6.92 Å². The molecule has 144 valence electrons. The van der Waals surface area contributed by atoms with Crippen molar-refractivity contribution in [1.82, 2.24) is 25.5 Å². The summed E-state index contributed by atoms with van der Waals surface area (Å²) in [7, 11) is 0. The number of halogens is 1. The minimum atomic E-state index is -0.407. The van der Waals surface area contributed by atoms with Gasteiger partial charge in [0.15, 0.2) is 6.61 Å². The topological polar surface area (TPSA) is 111 Å². The molecule has 0 radical (unpaired) electrons. The third-order valence-corrected chi connectivity index (χ3v) is 4.20. The number of tetrazole rings is 1. The number of carbonyl (C=O) groups is 2. The Labute approximate surface area is 169 Å². The smallest absolute Gasteiger partial charge is 0.258 e. The summed E-state index contributed by atoms with van der Waals surface area (Å²) in [6, 6.07) is 12.5. The Morgan fingerprint density at radius 3 is 2.79 bits per heavy atom. The molecule has 0 spiro atoms. The van der Waals surface area contributed by atoms with Gasteiger partial charge in [-0.15, -0.1) is 5.10 Å². The molecule has 1 aromatic heterocycles. The Morgan fingerprint density at radius 1 is 1.18 bits per heavy atom. The van der Waals surface area contributed by atoms with Crippen LogP contribution < -0.4 is 15.4 Å². The molecule has 3 rings (SSSR count). The van der Waals surface area contributed by atoms with Crippen molar-refractivity contribution in [3.63, 3.8) is 0 Å². The number of ether oxygens (including phenoxy) is 1. The summed E-state index contributed by atoms with van der Waals surface area (Å²) in [5, 5.41) is 16.2. The standard InChI is InChI=1S/C18H17BrN6O3/c1-12-7-13(19)5-6-16(12)22-17(26)9-20-18(27)10-28-15-4-2-3-14(8-15)25-11-21-23-24-25/h2-8,11H,9-10H2,1H3,(H,20,27)(H,22,26). The van der Waals surface area contributed by atoms with Gasteiger partial charge in [-0.05, 0) is 53.2 Å². The lowest BCUT2D eigenvalue weighted by molar-refractivity contribution is -0.125. The van der Waals surface area contributed by atoms with Gasteiger partial charge in [-0.1, -0.05) is 22.0 Å². The van der Waals surface area contributed by atoms with Gasteiger partial charge in [-0.3, -0.25) is 9.59 Å². The summed E-state index contributed by atoms with van der Waals surface area (Å²) >= 11 is 3.37. The number of hydrogen-bond donors (Lipinski definition) is 2. The molecule has 0 saturated heterocycles. The zero-order valence-corrected chi connectivity index (χ0v) is 16.5. The molecule has 0 aliphatic carbocycles. The van der Waals surface area contributed by atoms with E-state index in [0.717, 1.165) is 10.0 Å². The van der Waals surface area contributed by atoms with Gasteiger partial charge in [0.05, 0.1) is 12.2 Å². The zero-order valence-electron chi connectivity index (χ0n) is 14.9. The van der Waals surface area contributed by atoms with Crippen molar-refractivity contribution in [1.29, 1.82) is 0 Å². The van der Waals surface area contributed by atoms with Gasteiger partial charge in [0.25, 0.3) is 5.91 Å². The molecule has 28 heavy (non-hydrogen) atoms. The van der Waals surface area contributed by atoms with Crippen molar-refractivity contribution in [2.45, 2.75) is 6.92 Å². The lowest BCUT2D eigenvalue weighted by Crippen LogP contribution is -2.35. The molecule has 0 bridgehead atoms. The van der Waals surface area contributed by atoms with E-state index in [1.54, 1.807) is 30.3 Å². The lowest BCUT2D eigenvalue weighted by Gasteiger charge is -2.10. The van der Waals surface area contributed by atoms with Crippen LogP contribution in [0.5, 0.6) is 5.75 Å². The fraction of sp³-hybridized carbons (Fsp3) is 0.167. The lowest BCUT2D eigenvalue weighted by atomic mass is 10.2. The van der Waals surface area contributed by atoms with E-state index in [1.807, 2.05) is 19.1 Å². The maximum absolute atomic E-state index is 12.0. The van der Waals surface area contributed by atoms with Crippen molar-refractivity contribution >= 4 is 33.4 Å². The predicted octanol–water partition coefficient (Wildman–Crippen LogP) is 1.87. The van der Waals surface area contributed by atoms with Crippen molar-refractivity contribution in [2.24, 2.45) is 0 Å². The largest absolute Gasteiger partial charge is 0.484 e. The number of hydrogen-bond acceptors (Lipinski definition) is 6. The summed E-state index contributed by atoms with van der Waals surface area (Å²) in [5.74, 6) is -0.243. The highest BCUT2D eigenvalue weighted by atomic mass is 79.9. The molecule has 10 heteroatoms. The third-order valence-electron chi connectivity index (χ3n) is 3.71. The van der Waals surface area contributed by atoms with Crippen LogP contribution in [0.15, 0.2) is 53.3 Å². The minimum Gasteiger partial charge on any atom is -0.484 e. The Kier molecular flexibility index (Phi) is 6.33. The molecule has 0 saturated carbocycles. The molecule has 0 aliphatic rings. The second-order valence-electron chi connectivity index (χ2n) is 5.82. The monoisotopic (exact) mass is 444 g/mol. The first-order valence-corrected chi connectivity index (χ1v) is 9.09. The van der Waals surface area contributed by atoms with Gasteiger partial charge in [0, 0.05) is 16.2 Å². The highest BCUT2D eigenvalue weighted by molar-refractivity contribution is 9.10. The van der Waals surface area contributed by atoms with Gasteiger partial charge < -0.3 is 15.4 Å². The second-order valence-corrected chi connectivity index (χ2v) is 6.74. The van der Waals surface area contributed by atoms with Crippen LogP contribution in [-0.4, -0.2) is 45.2 Å². The van der Waals surface area contributed by atoms with Crippen LogP contribution in [0.4, 0.5) is 5.69 Å². The molecule has 3 aromatic rings. The van der Waals surface area contributed by atoms with E-state index in [4.69, 9.17) is 4.74 Å². The van der Waals surface area contributed by atoms with E-state index in [2.05, 4.69) is 42.1 Å².